The quantitative estimate of drug-likeness (QED) is 0.924. The highest BCUT2D eigenvalue weighted by molar-refractivity contribution is 7.93. The summed E-state index contributed by atoms with van der Waals surface area (Å²) in [7, 11) is -3.19. The lowest BCUT2D eigenvalue weighted by Gasteiger charge is -2.17. The summed E-state index contributed by atoms with van der Waals surface area (Å²) in [4.78, 5) is 12.1. The van der Waals surface area contributed by atoms with Crippen molar-refractivity contribution in [1.82, 2.24) is 0 Å². The van der Waals surface area contributed by atoms with Crippen molar-refractivity contribution in [3.8, 4) is 0 Å². The molecule has 0 radical (unpaired) electrons. The molecular weight excluding hydrogens is 336 g/mol. The molecule has 1 saturated heterocycles. The van der Waals surface area contributed by atoms with Gasteiger partial charge in [-0.25, -0.2) is 8.42 Å². The molecule has 0 unspecified atom stereocenters. The number of nitrogens with zero attached hydrogens (tertiary/aromatic N) is 1. The van der Waals surface area contributed by atoms with E-state index in [9.17, 15) is 13.2 Å². The summed E-state index contributed by atoms with van der Waals surface area (Å²) in [5, 5.41) is 3.25. The number of benzene rings is 2. The summed E-state index contributed by atoms with van der Waals surface area (Å²) >= 11 is 5.87. The van der Waals surface area contributed by atoms with E-state index in [1.807, 2.05) is 0 Å². The van der Waals surface area contributed by atoms with Crippen molar-refractivity contribution in [2.75, 3.05) is 21.9 Å². The number of carbonyl (C=O) groups excluding carboxylic acids is 1. The van der Waals surface area contributed by atoms with E-state index in [0.29, 0.717) is 34.9 Å². The molecule has 2 aromatic rings. The van der Waals surface area contributed by atoms with Gasteiger partial charge in [0.25, 0.3) is 5.91 Å². The van der Waals surface area contributed by atoms with Crippen LogP contribution in [0.4, 0.5) is 11.4 Å². The molecule has 1 amide bonds. The molecule has 2 aromatic carbocycles. The molecule has 3 rings (SSSR count). The Morgan fingerprint density at radius 3 is 2.48 bits per heavy atom. The van der Waals surface area contributed by atoms with Gasteiger partial charge in [0, 0.05) is 22.8 Å². The Balaban J connectivity index is 1.74. The Bertz CT molecular complexity index is 835. The second kappa shape index (κ2) is 6.22. The van der Waals surface area contributed by atoms with Crippen LogP contribution in [0.15, 0.2) is 48.5 Å². The number of hydrogen-bond donors (Lipinski definition) is 1. The summed E-state index contributed by atoms with van der Waals surface area (Å²) in [6, 6.07) is 13.4. The maximum Gasteiger partial charge on any atom is 0.255 e. The molecule has 7 heteroatoms. The average molecular weight is 351 g/mol. The van der Waals surface area contributed by atoms with Gasteiger partial charge >= 0.3 is 0 Å². The van der Waals surface area contributed by atoms with Gasteiger partial charge in [0.15, 0.2) is 0 Å². The van der Waals surface area contributed by atoms with Crippen molar-refractivity contribution >= 4 is 38.9 Å². The fraction of sp³-hybridized carbons (Fsp3) is 0.188. The van der Waals surface area contributed by atoms with E-state index in [0.717, 1.165) is 0 Å². The average Bonchev–Trinajstić information content (AvgIpc) is 2.87. The van der Waals surface area contributed by atoms with Crippen LogP contribution in [-0.2, 0) is 10.0 Å². The Morgan fingerprint density at radius 1 is 1.13 bits per heavy atom. The summed E-state index contributed by atoms with van der Waals surface area (Å²) in [5.41, 5.74) is 1.67. The molecule has 0 saturated carbocycles. The number of sulfonamides is 1. The Morgan fingerprint density at radius 2 is 1.87 bits per heavy atom. The van der Waals surface area contributed by atoms with Gasteiger partial charge in [-0.05, 0) is 48.9 Å². The van der Waals surface area contributed by atoms with Crippen LogP contribution >= 0.6 is 11.6 Å². The van der Waals surface area contributed by atoms with Crippen LogP contribution in [0.5, 0.6) is 0 Å². The van der Waals surface area contributed by atoms with Crippen molar-refractivity contribution < 1.29 is 13.2 Å². The zero-order valence-corrected chi connectivity index (χ0v) is 13.8. The van der Waals surface area contributed by atoms with Gasteiger partial charge in [-0.1, -0.05) is 17.7 Å². The second-order valence-corrected chi connectivity index (χ2v) is 7.70. The number of carbonyl (C=O) groups is 1. The van der Waals surface area contributed by atoms with Crippen LogP contribution in [0.1, 0.15) is 16.8 Å². The third kappa shape index (κ3) is 3.48. The number of rotatable bonds is 3. The molecule has 1 heterocycles. The molecule has 1 fully saturated rings. The Hall–Kier alpha value is -2.05. The predicted octanol–water partition coefficient (Wildman–Crippen LogP) is 3.13. The molecule has 1 N–H and O–H groups in total. The van der Waals surface area contributed by atoms with Crippen molar-refractivity contribution in [3.63, 3.8) is 0 Å². The van der Waals surface area contributed by atoms with Gasteiger partial charge in [-0.15, -0.1) is 0 Å². The molecule has 0 spiro atoms. The van der Waals surface area contributed by atoms with E-state index in [2.05, 4.69) is 5.32 Å². The van der Waals surface area contributed by atoms with Crippen LogP contribution in [0.3, 0.4) is 0 Å². The van der Waals surface area contributed by atoms with E-state index in [1.54, 1.807) is 48.5 Å². The lowest BCUT2D eigenvalue weighted by atomic mass is 10.2. The number of anilines is 2. The van der Waals surface area contributed by atoms with E-state index in [-0.39, 0.29) is 11.7 Å². The van der Waals surface area contributed by atoms with Crippen LogP contribution in [0, 0.1) is 0 Å². The maximum atomic E-state index is 12.1. The fourth-order valence-electron chi connectivity index (χ4n) is 2.47. The normalized spacial score (nSPS) is 16.3. The molecular formula is C16H15ClN2O3S. The number of nitrogens with one attached hydrogen (secondary N) is 1. The van der Waals surface area contributed by atoms with E-state index >= 15 is 0 Å². The third-order valence-electron chi connectivity index (χ3n) is 3.60. The van der Waals surface area contributed by atoms with Gasteiger partial charge in [0.1, 0.15) is 0 Å². The first-order valence-electron chi connectivity index (χ1n) is 7.13. The Kier molecular flexibility index (Phi) is 4.28. The molecule has 5 nitrogen and oxygen atoms in total. The zero-order valence-electron chi connectivity index (χ0n) is 12.2. The van der Waals surface area contributed by atoms with Crippen molar-refractivity contribution in [3.05, 3.63) is 59.1 Å². The Labute approximate surface area is 139 Å². The number of halogens is 1. The monoisotopic (exact) mass is 350 g/mol. The van der Waals surface area contributed by atoms with Crippen LogP contribution in [0.2, 0.25) is 5.02 Å². The minimum atomic E-state index is -3.19. The van der Waals surface area contributed by atoms with E-state index < -0.39 is 10.0 Å². The van der Waals surface area contributed by atoms with E-state index in [1.165, 1.54) is 4.31 Å². The van der Waals surface area contributed by atoms with Crippen LogP contribution in [0.25, 0.3) is 0 Å². The number of hydrogen-bond acceptors (Lipinski definition) is 3. The molecule has 0 bridgehead atoms. The first kappa shape index (κ1) is 15.8. The molecule has 23 heavy (non-hydrogen) atoms. The molecule has 0 atom stereocenters. The smallest absolute Gasteiger partial charge is 0.255 e. The first-order chi connectivity index (χ1) is 11.0. The van der Waals surface area contributed by atoms with Gasteiger partial charge in [0.05, 0.1) is 11.4 Å². The molecule has 0 aliphatic carbocycles. The minimum absolute atomic E-state index is 0.181. The van der Waals surface area contributed by atoms with Gasteiger partial charge < -0.3 is 5.32 Å². The fourth-order valence-corrected chi connectivity index (χ4v) is 4.23. The SMILES string of the molecule is O=C(Nc1ccc(N2CCCS2(=O)=O)cc1)c1cccc(Cl)c1. The lowest BCUT2D eigenvalue weighted by Crippen LogP contribution is -2.24. The molecule has 120 valence electrons. The van der Waals surface area contributed by atoms with Crippen LogP contribution in [-0.4, -0.2) is 26.6 Å². The summed E-state index contributed by atoms with van der Waals surface area (Å²) in [6.07, 6.45) is 0.635. The third-order valence-corrected chi connectivity index (χ3v) is 5.70. The summed E-state index contributed by atoms with van der Waals surface area (Å²) in [6.45, 7) is 0.497. The van der Waals surface area contributed by atoms with E-state index in [4.69, 9.17) is 11.6 Å². The zero-order chi connectivity index (χ0) is 16.4. The predicted molar refractivity (Wildman–Crippen MR) is 91.6 cm³/mol. The maximum absolute atomic E-state index is 12.1. The second-order valence-electron chi connectivity index (χ2n) is 5.25. The van der Waals surface area contributed by atoms with Gasteiger partial charge in [-0.2, -0.15) is 0 Å². The van der Waals surface area contributed by atoms with Gasteiger partial charge in [0.2, 0.25) is 10.0 Å². The number of amides is 1. The van der Waals surface area contributed by atoms with Crippen LogP contribution < -0.4 is 9.62 Å². The molecule has 1 aliphatic rings. The highest BCUT2D eigenvalue weighted by atomic mass is 35.5. The van der Waals surface area contributed by atoms with Crippen molar-refractivity contribution in [2.45, 2.75) is 6.42 Å². The highest BCUT2D eigenvalue weighted by Crippen LogP contribution is 2.25. The lowest BCUT2D eigenvalue weighted by molar-refractivity contribution is 0.102. The van der Waals surface area contributed by atoms with Crippen molar-refractivity contribution in [2.24, 2.45) is 0 Å². The largest absolute Gasteiger partial charge is 0.322 e. The van der Waals surface area contributed by atoms with Gasteiger partial charge in [-0.3, -0.25) is 9.10 Å². The topological polar surface area (TPSA) is 66.5 Å². The molecule has 1 aliphatic heterocycles. The highest BCUT2D eigenvalue weighted by Gasteiger charge is 2.28. The minimum Gasteiger partial charge on any atom is -0.322 e. The summed E-state index contributed by atoms with van der Waals surface area (Å²) < 4.78 is 25.2. The first-order valence-corrected chi connectivity index (χ1v) is 9.12. The van der Waals surface area contributed by atoms with Crippen molar-refractivity contribution in [1.29, 1.82) is 0 Å². The molecule has 0 aromatic heterocycles. The summed E-state index contributed by atoms with van der Waals surface area (Å²) in [5.74, 6) is -0.0886. The standard InChI is InChI=1S/C16H15ClN2O3S/c17-13-4-1-3-12(11-13)16(20)18-14-5-7-15(8-6-14)19-9-2-10-23(19,21)22/h1,3-8,11H,2,9-10H2,(H,18,20).